The number of hydrogen-bond donors (Lipinski definition) is 0. The molecule has 0 bridgehead atoms. The van der Waals surface area contributed by atoms with Crippen molar-refractivity contribution < 1.29 is 19.1 Å². The zero-order chi connectivity index (χ0) is 14.2. The molecule has 0 unspecified atom stereocenters. The molecule has 0 spiro atoms. The highest BCUT2D eigenvalue weighted by Gasteiger charge is 2.36. The van der Waals surface area contributed by atoms with Crippen LogP contribution in [0.15, 0.2) is 30.0 Å². The number of esters is 1. The van der Waals surface area contributed by atoms with Gasteiger partial charge in [-0.3, -0.25) is 14.4 Å². The van der Waals surface area contributed by atoms with E-state index in [9.17, 15) is 14.4 Å². The Balaban J connectivity index is 2.62. The van der Waals surface area contributed by atoms with Gasteiger partial charge in [0.2, 0.25) is 5.91 Å². The van der Waals surface area contributed by atoms with E-state index in [0.717, 1.165) is 4.90 Å². The van der Waals surface area contributed by atoms with Gasteiger partial charge in [-0.15, -0.1) is 0 Å². The molecule has 1 aliphatic rings. The third kappa shape index (κ3) is 2.14. The van der Waals surface area contributed by atoms with Crippen LogP contribution in [-0.2, 0) is 19.1 Å². The number of amides is 2. The summed E-state index contributed by atoms with van der Waals surface area (Å²) in [6.45, 7) is 4.12. The molecule has 5 nitrogen and oxygen atoms in total. The molecule has 0 aliphatic carbocycles. The minimum absolute atomic E-state index is 0.203. The van der Waals surface area contributed by atoms with Crippen molar-refractivity contribution in [1.82, 2.24) is 0 Å². The number of carbonyl (C=O) groups excluding carboxylic acids is 3. The molecule has 5 heteroatoms. The summed E-state index contributed by atoms with van der Waals surface area (Å²) in [6.07, 6.45) is 0. The normalized spacial score (nSPS) is 16.2. The molecule has 1 heterocycles. The lowest BCUT2D eigenvalue weighted by Gasteiger charge is -2.11. The van der Waals surface area contributed by atoms with Crippen molar-refractivity contribution in [3.63, 3.8) is 0 Å². The lowest BCUT2D eigenvalue weighted by atomic mass is 10.1. The van der Waals surface area contributed by atoms with E-state index in [1.54, 1.807) is 24.3 Å². The number of fused-ring (bicyclic) bond motifs is 1. The third-order valence-corrected chi connectivity index (χ3v) is 2.80. The fraction of sp³-hybridized carbons (Fsp3) is 0.214. The molecule has 0 aromatic heterocycles. The SMILES string of the molecule is CC(=O)O/C(C)=C1\C(=O)N(C(C)=O)c2ccccc21. The van der Waals surface area contributed by atoms with Crippen molar-refractivity contribution in [2.75, 3.05) is 4.90 Å². The number of rotatable bonds is 1. The minimum atomic E-state index is -0.503. The van der Waals surface area contributed by atoms with Gasteiger partial charge in [0, 0.05) is 19.4 Å². The fourth-order valence-corrected chi connectivity index (χ4v) is 2.14. The number of carbonyl (C=O) groups is 3. The first kappa shape index (κ1) is 13.0. The highest BCUT2D eigenvalue weighted by Crippen LogP contribution is 2.38. The lowest BCUT2D eigenvalue weighted by molar-refractivity contribution is -0.136. The molecule has 0 fully saturated rings. The number of anilines is 1. The van der Waals surface area contributed by atoms with Crippen LogP contribution < -0.4 is 4.90 Å². The van der Waals surface area contributed by atoms with E-state index in [4.69, 9.17) is 4.74 Å². The highest BCUT2D eigenvalue weighted by atomic mass is 16.5. The topological polar surface area (TPSA) is 63.7 Å². The van der Waals surface area contributed by atoms with Crippen molar-refractivity contribution in [1.29, 1.82) is 0 Å². The molecule has 1 aromatic rings. The first-order chi connectivity index (χ1) is 8.93. The monoisotopic (exact) mass is 259 g/mol. The molecule has 2 amide bonds. The van der Waals surface area contributed by atoms with Gasteiger partial charge in [-0.2, -0.15) is 0 Å². The lowest BCUT2D eigenvalue weighted by Crippen LogP contribution is -2.31. The average Bonchev–Trinajstić information content (AvgIpc) is 2.59. The van der Waals surface area contributed by atoms with Crippen LogP contribution in [0.4, 0.5) is 5.69 Å². The Morgan fingerprint density at radius 2 is 1.74 bits per heavy atom. The van der Waals surface area contributed by atoms with Crippen LogP contribution in [0.3, 0.4) is 0 Å². The van der Waals surface area contributed by atoms with Gasteiger partial charge < -0.3 is 4.74 Å². The number of imide groups is 1. The molecular formula is C14H13NO4. The molecule has 19 heavy (non-hydrogen) atoms. The Bertz CT molecular complexity index is 616. The van der Waals surface area contributed by atoms with Crippen LogP contribution in [0.2, 0.25) is 0 Å². The fourth-order valence-electron chi connectivity index (χ4n) is 2.14. The summed E-state index contributed by atoms with van der Waals surface area (Å²) in [5, 5.41) is 0. The van der Waals surface area contributed by atoms with Crippen molar-refractivity contribution >= 4 is 29.0 Å². The molecule has 0 N–H and O–H groups in total. The van der Waals surface area contributed by atoms with Gasteiger partial charge in [0.05, 0.1) is 11.3 Å². The van der Waals surface area contributed by atoms with E-state index in [-0.39, 0.29) is 17.2 Å². The van der Waals surface area contributed by atoms with Crippen LogP contribution in [-0.4, -0.2) is 17.8 Å². The average molecular weight is 259 g/mol. The van der Waals surface area contributed by atoms with E-state index in [2.05, 4.69) is 0 Å². The maximum absolute atomic E-state index is 12.3. The largest absolute Gasteiger partial charge is 0.431 e. The van der Waals surface area contributed by atoms with Crippen molar-refractivity contribution in [2.45, 2.75) is 20.8 Å². The number of allylic oxidation sites excluding steroid dienone is 1. The second kappa shape index (κ2) is 4.68. The van der Waals surface area contributed by atoms with E-state index < -0.39 is 11.9 Å². The molecule has 2 rings (SSSR count). The minimum Gasteiger partial charge on any atom is -0.431 e. The summed E-state index contributed by atoms with van der Waals surface area (Å²) in [6, 6.07) is 6.91. The molecular weight excluding hydrogens is 246 g/mol. The quantitative estimate of drug-likeness (QED) is 0.439. The summed E-state index contributed by atoms with van der Waals surface area (Å²) in [5.41, 5.74) is 1.36. The summed E-state index contributed by atoms with van der Waals surface area (Å²) in [7, 11) is 0. The van der Waals surface area contributed by atoms with Crippen LogP contribution in [0.5, 0.6) is 0 Å². The summed E-state index contributed by atoms with van der Waals surface area (Å²) in [5.74, 6) is -1.14. The zero-order valence-electron chi connectivity index (χ0n) is 10.9. The van der Waals surface area contributed by atoms with Gasteiger partial charge in [-0.05, 0) is 13.0 Å². The number of hydrogen-bond acceptors (Lipinski definition) is 4. The third-order valence-electron chi connectivity index (χ3n) is 2.80. The van der Waals surface area contributed by atoms with Crippen molar-refractivity contribution in [2.24, 2.45) is 0 Å². The van der Waals surface area contributed by atoms with Crippen LogP contribution in [0.25, 0.3) is 5.57 Å². The maximum Gasteiger partial charge on any atom is 0.307 e. The molecule has 0 saturated carbocycles. The van der Waals surface area contributed by atoms with Gasteiger partial charge >= 0.3 is 5.97 Å². The maximum atomic E-state index is 12.3. The Hall–Kier alpha value is -2.43. The number of ether oxygens (including phenoxy) is 1. The number of para-hydroxylation sites is 1. The van der Waals surface area contributed by atoms with Gasteiger partial charge in [0.15, 0.2) is 0 Å². The van der Waals surface area contributed by atoms with E-state index in [1.165, 1.54) is 20.8 Å². The Labute approximate surface area is 110 Å². The molecule has 0 radical (unpaired) electrons. The van der Waals surface area contributed by atoms with E-state index in [0.29, 0.717) is 11.3 Å². The number of nitrogens with zero attached hydrogens (tertiary/aromatic N) is 1. The Kier molecular flexibility index (Phi) is 3.21. The van der Waals surface area contributed by atoms with Gasteiger partial charge in [0.1, 0.15) is 5.76 Å². The molecule has 98 valence electrons. The van der Waals surface area contributed by atoms with Gasteiger partial charge in [-0.25, -0.2) is 4.90 Å². The molecule has 1 aliphatic heterocycles. The number of benzene rings is 1. The van der Waals surface area contributed by atoms with E-state index >= 15 is 0 Å². The zero-order valence-corrected chi connectivity index (χ0v) is 10.9. The van der Waals surface area contributed by atoms with Crippen LogP contribution >= 0.6 is 0 Å². The Morgan fingerprint density at radius 1 is 1.11 bits per heavy atom. The second-order valence-corrected chi connectivity index (χ2v) is 4.20. The van der Waals surface area contributed by atoms with Crippen LogP contribution in [0.1, 0.15) is 26.3 Å². The predicted octanol–water partition coefficient (Wildman–Crippen LogP) is 1.87. The van der Waals surface area contributed by atoms with E-state index in [1.807, 2.05) is 0 Å². The molecule has 0 saturated heterocycles. The predicted molar refractivity (Wildman–Crippen MR) is 69.0 cm³/mol. The highest BCUT2D eigenvalue weighted by molar-refractivity contribution is 6.39. The smallest absolute Gasteiger partial charge is 0.307 e. The summed E-state index contributed by atoms with van der Waals surface area (Å²) in [4.78, 5) is 35.9. The van der Waals surface area contributed by atoms with Gasteiger partial charge in [-0.1, -0.05) is 18.2 Å². The summed E-state index contributed by atoms with van der Waals surface area (Å²) >= 11 is 0. The van der Waals surface area contributed by atoms with Crippen molar-refractivity contribution in [3.8, 4) is 0 Å². The van der Waals surface area contributed by atoms with Gasteiger partial charge in [0.25, 0.3) is 5.91 Å². The first-order valence-corrected chi connectivity index (χ1v) is 5.77. The molecule has 0 atom stereocenters. The standard InChI is InChI=1S/C14H13NO4/c1-8(19-10(3)17)13-11-6-4-5-7-12(11)15(9(2)16)14(13)18/h4-7H,1-3H3/b13-8-. The second-order valence-electron chi connectivity index (χ2n) is 4.20. The summed E-state index contributed by atoms with van der Waals surface area (Å²) < 4.78 is 4.97. The van der Waals surface area contributed by atoms with Crippen LogP contribution in [0, 0.1) is 0 Å². The van der Waals surface area contributed by atoms with Crippen molar-refractivity contribution in [3.05, 3.63) is 35.6 Å². The molecule has 1 aromatic carbocycles. The first-order valence-electron chi connectivity index (χ1n) is 5.77. The Morgan fingerprint density at radius 3 is 2.32 bits per heavy atom.